The molecule has 0 saturated heterocycles. The second-order valence-corrected chi connectivity index (χ2v) is 4.08. The van der Waals surface area contributed by atoms with Crippen molar-refractivity contribution in [1.82, 2.24) is 4.98 Å². The van der Waals surface area contributed by atoms with E-state index in [1.165, 1.54) is 24.3 Å². The number of aryl methyl sites for hydroxylation is 1. The van der Waals surface area contributed by atoms with Crippen LogP contribution in [0.5, 0.6) is 5.75 Å². The molecule has 0 bridgehead atoms. The van der Waals surface area contributed by atoms with E-state index in [-0.39, 0.29) is 22.8 Å². The molecule has 0 atom stereocenters. The highest BCUT2D eigenvalue weighted by Crippen LogP contribution is 2.21. The Morgan fingerprint density at radius 3 is 2.80 bits per heavy atom. The summed E-state index contributed by atoms with van der Waals surface area (Å²) < 4.78 is 0. The fraction of sp³-hybridized carbons (Fsp3) is 0.0769. The summed E-state index contributed by atoms with van der Waals surface area (Å²) in [6.07, 6.45) is 0. The van der Waals surface area contributed by atoms with Gasteiger partial charge in [0.15, 0.2) is 11.6 Å². The third-order valence-electron chi connectivity index (χ3n) is 2.56. The standard InChI is InChI=1S/C13H11N3O4/c1-8-5-6-11(17)12(14-8)15-13(18)9-3-2-4-10(7-9)16(19)20/h2-7,17H,1H3,(H,14,15,18). The first kappa shape index (κ1) is 13.5. The first-order valence-corrected chi connectivity index (χ1v) is 5.70. The van der Waals surface area contributed by atoms with Gasteiger partial charge in [-0.3, -0.25) is 14.9 Å². The molecule has 0 saturated carbocycles. The minimum atomic E-state index is -0.584. The number of nitrogens with zero attached hydrogens (tertiary/aromatic N) is 2. The van der Waals surface area contributed by atoms with Gasteiger partial charge in [-0.2, -0.15) is 0 Å². The van der Waals surface area contributed by atoms with Crippen molar-refractivity contribution in [2.24, 2.45) is 0 Å². The lowest BCUT2D eigenvalue weighted by atomic mass is 10.2. The molecule has 0 unspecified atom stereocenters. The van der Waals surface area contributed by atoms with Crippen molar-refractivity contribution in [1.29, 1.82) is 0 Å². The van der Waals surface area contributed by atoms with E-state index in [0.29, 0.717) is 5.69 Å². The van der Waals surface area contributed by atoms with E-state index >= 15 is 0 Å². The molecule has 1 heterocycles. The number of amides is 1. The Morgan fingerprint density at radius 2 is 2.10 bits per heavy atom. The largest absolute Gasteiger partial charge is 0.504 e. The molecule has 0 aliphatic carbocycles. The van der Waals surface area contributed by atoms with Crippen molar-refractivity contribution < 1.29 is 14.8 Å². The molecule has 102 valence electrons. The van der Waals surface area contributed by atoms with Gasteiger partial charge >= 0.3 is 0 Å². The number of nitrogens with one attached hydrogen (secondary N) is 1. The van der Waals surface area contributed by atoms with Gasteiger partial charge in [-0.05, 0) is 25.1 Å². The zero-order valence-electron chi connectivity index (χ0n) is 10.5. The number of carbonyl (C=O) groups excluding carboxylic acids is 1. The van der Waals surface area contributed by atoms with E-state index in [1.807, 2.05) is 0 Å². The molecule has 1 amide bonds. The normalized spacial score (nSPS) is 10.1. The zero-order valence-corrected chi connectivity index (χ0v) is 10.5. The average Bonchev–Trinajstić information content (AvgIpc) is 2.43. The Morgan fingerprint density at radius 1 is 1.35 bits per heavy atom. The number of hydrogen-bond donors (Lipinski definition) is 2. The van der Waals surface area contributed by atoms with Crippen molar-refractivity contribution in [3.8, 4) is 5.75 Å². The third kappa shape index (κ3) is 2.89. The second kappa shape index (κ2) is 5.35. The van der Waals surface area contributed by atoms with E-state index in [0.717, 1.165) is 6.07 Å². The molecule has 7 nitrogen and oxygen atoms in total. The molecule has 20 heavy (non-hydrogen) atoms. The average molecular weight is 273 g/mol. The zero-order chi connectivity index (χ0) is 14.7. The van der Waals surface area contributed by atoms with Crippen LogP contribution < -0.4 is 5.32 Å². The van der Waals surface area contributed by atoms with Crippen molar-refractivity contribution in [3.05, 3.63) is 57.8 Å². The number of aromatic hydroxyl groups is 1. The van der Waals surface area contributed by atoms with E-state index in [9.17, 15) is 20.0 Å². The molecule has 2 N–H and O–H groups in total. The molecule has 0 spiro atoms. The summed E-state index contributed by atoms with van der Waals surface area (Å²) in [7, 11) is 0. The molecule has 0 aliphatic heterocycles. The molecule has 7 heteroatoms. The maximum Gasteiger partial charge on any atom is 0.270 e. The molecule has 1 aromatic heterocycles. The van der Waals surface area contributed by atoms with Crippen LogP contribution >= 0.6 is 0 Å². The highest BCUT2D eigenvalue weighted by atomic mass is 16.6. The number of nitro benzene ring substituents is 1. The maximum atomic E-state index is 12.0. The summed E-state index contributed by atoms with van der Waals surface area (Å²) in [6, 6.07) is 8.30. The van der Waals surface area contributed by atoms with Crippen molar-refractivity contribution in [2.45, 2.75) is 6.92 Å². The van der Waals surface area contributed by atoms with Crippen molar-refractivity contribution in [2.75, 3.05) is 5.32 Å². The smallest absolute Gasteiger partial charge is 0.270 e. The first-order valence-electron chi connectivity index (χ1n) is 5.70. The SMILES string of the molecule is Cc1ccc(O)c(NC(=O)c2cccc([N+](=O)[O-])c2)n1. The lowest BCUT2D eigenvalue weighted by molar-refractivity contribution is -0.384. The minimum Gasteiger partial charge on any atom is -0.504 e. The lowest BCUT2D eigenvalue weighted by Gasteiger charge is -2.07. The lowest BCUT2D eigenvalue weighted by Crippen LogP contribution is -2.13. The van der Waals surface area contributed by atoms with Gasteiger partial charge in [-0.15, -0.1) is 0 Å². The van der Waals surface area contributed by atoms with Crippen LogP contribution in [0.25, 0.3) is 0 Å². The van der Waals surface area contributed by atoms with Gasteiger partial charge in [0.05, 0.1) is 4.92 Å². The summed E-state index contributed by atoms with van der Waals surface area (Å²) in [5.74, 6) is -0.738. The summed E-state index contributed by atoms with van der Waals surface area (Å²) >= 11 is 0. The Bertz CT molecular complexity index is 685. The molecule has 0 fully saturated rings. The fourth-order valence-electron chi connectivity index (χ4n) is 1.58. The number of benzene rings is 1. The predicted molar refractivity (Wildman–Crippen MR) is 71.7 cm³/mol. The summed E-state index contributed by atoms with van der Waals surface area (Å²) in [5.41, 5.74) is 0.554. The Labute approximate surface area is 114 Å². The molecule has 1 aromatic carbocycles. The van der Waals surface area contributed by atoms with E-state index in [1.54, 1.807) is 13.0 Å². The minimum absolute atomic E-state index is 0.0153. The number of carbonyl (C=O) groups is 1. The Kier molecular flexibility index (Phi) is 3.60. The van der Waals surface area contributed by atoms with Gasteiger partial charge in [0.25, 0.3) is 11.6 Å². The van der Waals surface area contributed by atoms with Gasteiger partial charge < -0.3 is 10.4 Å². The van der Waals surface area contributed by atoms with Crippen LogP contribution in [0, 0.1) is 17.0 Å². The van der Waals surface area contributed by atoms with E-state index < -0.39 is 10.8 Å². The predicted octanol–water partition coefficient (Wildman–Crippen LogP) is 2.26. The van der Waals surface area contributed by atoms with E-state index in [4.69, 9.17) is 0 Å². The third-order valence-corrected chi connectivity index (χ3v) is 2.56. The Balaban J connectivity index is 2.26. The van der Waals surface area contributed by atoms with Crippen LogP contribution in [-0.2, 0) is 0 Å². The summed E-state index contributed by atoms with van der Waals surface area (Å²) in [6.45, 7) is 1.71. The number of hydrogen-bond acceptors (Lipinski definition) is 5. The van der Waals surface area contributed by atoms with Crippen molar-refractivity contribution in [3.63, 3.8) is 0 Å². The maximum absolute atomic E-state index is 12.0. The monoisotopic (exact) mass is 273 g/mol. The molecule has 2 rings (SSSR count). The van der Waals surface area contributed by atoms with E-state index in [2.05, 4.69) is 10.3 Å². The van der Waals surface area contributed by atoms with Crippen LogP contribution in [-0.4, -0.2) is 20.9 Å². The number of pyridine rings is 1. The van der Waals surface area contributed by atoms with Crippen LogP contribution in [0.2, 0.25) is 0 Å². The number of nitro groups is 1. The van der Waals surface area contributed by atoms with Crippen molar-refractivity contribution >= 4 is 17.4 Å². The highest BCUT2D eigenvalue weighted by Gasteiger charge is 2.13. The van der Waals surface area contributed by atoms with Crippen LogP contribution in [0.15, 0.2) is 36.4 Å². The number of aromatic nitrogens is 1. The molecule has 0 radical (unpaired) electrons. The van der Waals surface area contributed by atoms with Gasteiger partial charge in [0, 0.05) is 23.4 Å². The van der Waals surface area contributed by atoms with Crippen LogP contribution in [0.4, 0.5) is 11.5 Å². The quantitative estimate of drug-likeness (QED) is 0.659. The van der Waals surface area contributed by atoms with Gasteiger partial charge in [0.1, 0.15) is 0 Å². The molecular weight excluding hydrogens is 262 g/mol. The number of anilines is 1. The summed E-state index contributed by atoms with van der Waals surface area (Å²) in [4.78, 5) is 26.0. The molecule has 0 aliphatic rings. The number of non-ortho nitro benzene ring substituents is 1. The fourth-order valence-corrected chi connectivity index (χ4v) is 1.58. The van der Waals surface area contributed by atoms with Gasteiger partial charge in [-0.25, -0.2) is 4.98 Å². The molecule has 2 aromatic rings. The topological polar surface area (TPSA) is 105 Å². The summed E-state index contributed by atoms with van der Waals surface area (Å²) in [5, 5.41) is 22.7. The Hall–Kier alpha value is -2.96. The number of rotatable bonds is 3. The second-order valence-electron chi connectivity index (χ2n) is 4.08. The van der Waals surface area contributed by atoms with Crippen LogP contribution in [0.3, 0.4) is 0 Å². The highest BCUT2D eigenvalue weighted by molar-refractivity contribution is 6.04. The molecular formula is C13H11N3O4. The first-order chi connectivity index (χ1) is 9.47. The van der Waals surface area contributed by atoms with Crippen LogP contribution in [0.1, 0.15) is 16.1 Å². The van der Waals surface area contributed by atoms with Gasteiger partial charge in [0.2, 0.25) is 0 Å². The van der Waals surface area contributed by atoms with Gasteiger partial charge in [-0.1, -0.05) is 6.07 Å².